The van der Waals surface area contributed by atoms with Crippen molar-refractivity contribution in [1.82, 2.24) is 0 Å². The van der Waals surface area contributed by atoms with Crippen LogP contribution in [0.4, 0.5) is 0 Å². The lowest BCUT2D eigenvalue weighted by Gasteiger charge is -2.12. The standard InChI is InChI=1S/C20H15Cl2NO3/c21-14-5-1-12(2-6-14)16(9-10-19(24)25)17-11-18(23-20(17)26)13-3-7-15(22)8-4-13/h1-8H,9-11H2,(H,24,25)/p-1/b17-16+. The third kappa shape index (κ3) is 4.21. The maximum atomic E-state index is 12.5. The van der Waals surface area contributed by atoms with Crippen molar-refractivity contribution in [3.63, 3.8) is 0 Å². The summed E-state index contributed by atoms with van der Waals surface area (Å²) in [4.78, 5) is 27.6. The quantitative estimate of drug-likeness (QED) is 0.735. The lowest BCUT2D eigenvalue weighted by molar-refractivity contribution is -0.305. The van der Waals surface area contributed by atoms with Crippen LogP contribution in [-0.2, 0) is 9.59 Å². The predicted molar refractivity (Wildman–Crippen MR) is 100 cm³/mol. The molecule has 0 aliphatic carbocycles. The SMILES string of the molecule is O=C([O-])CC/C(=C1/CC(c2ccc(Cl)cc2)=NC1=O)c1ccc(Cl)cc1. The average molecular weight is 387 g/mol. The fourth-order valence-electron chi connectivity index (χ4n) is 2.86. The lowest BCUT2D eigenvalue weighted by atomic mass is 9.92. The number of rotatable bonds is 5. The van der Waals surface area contributed by atoms with Crippen molar-refractivity contribution in [2.45, 2.75) is 19.3 Å². The van der Waals surface area contributed by atoms with Crippen LogP contribution in [0.5, 0.6) is 0 Å². The molecule has 1 aliphatic heterocycles. The largest absolute Gasteiger partial charge is 0.550 e. The molecule has 0 aromatic heterocycles. The van der Waals surface area contributed by atoms with E-state index in [4.69, 9.17) is 23.2 Å². The minimum atomic E-state index is -1.17. The van der Waals surface area contributed by atoms with E-state index in [1.54, 1.807) is 48.5 Å². The number of nitrogens with zero attached hydrogens (tertiary/aromatic N) is 1. The van der Waals surface area contributed by atoms with E-state index in [0.717, 1.165) is 11.1 Å². The molecular weight excluding hydrogens is 373 g/mol. The number of carboxylic acids is 1. The topological polar surface area (TPSA) is 69.6 Å². The van der Waals surface area contributed by atoms with Crippen LogP contribution in [0.3, 0.4) is 0 Å². The third-order valence-electron chi connectivity index (χ3n) is 4.15. The van der Waals surface area contributed by atoms with Gasteiger partial charge in [-0.2, -0.15) is 0 Å². The Kier molecular flexibility index (Phi) is 5.55. The number of aliphatic carboxylic acids is 1. The van der Waals surface area contributed by atoms with Gasteiger partial charge in [-0.1, -0.05) is 47.5 Å². The summed E-state index contributed by atoms with van der Waals surface area (Å²) in [6.07, 6.45) is 0.352. The van der Waals surface area contributed by atoms with E-state index in [9.17, 15) is 14.7 Å². The average Bonchev–Trinajstić information content (AvgIpc) is 2.99. The Labute approximate surface area is 160 Å². The van der Waals surface area contributed by atoms with Gasteiger partial charge in [0.15, 0.2) is 0 Å². The van der Waals surface area contributed by atoms with Crippen molar-refractivity contribution in [2.75, 3.05) is 0 Å². The molecule has 132 valence electrons. The van der Waals surface area contributed by atoms with Crippen LogP contribution in [0.15, 0.2) is 59.1 Å². The van der Waals surface area contributed by atoms with Gasteiger partial charge in [0.1, 0.15) is 0 Å². The summed E-state index contributed by atoms with van der Waals surface area (Å²) in [7, 11) is 0. The molecule has 0 bridgehead atoms. The molecule has 0 fully saturated rings. The minimum absolute atomic E-state index is 0.176. The third-order valence-corrected chi connectivity index (χ3v) is 4.66. The fourth-order valence-corrected chi connectivity index (χ4v) is 3.12. The van der Waals surface area contributed by atoms with Gasteiger partial charge in [-0.15, -0.1) is 0 Å². The highest BCUT2D eigenvalue weighted by Gasteiger charge is 2.25. The number of amides is 1. The zero-order valence-electron chi connectivity index (χ0n) is 13.7. The van der Waals surface area contributed by atoms with Crippen LogP contribution in [0, 0.1) is 0 Å². The van der Waals surface area contributed by atoms with Gasteiger partial charge in [0.2, 0.25) is 0 Å². The van der Waals surface area contributed by atoms with Crippen molar-refractivity contribution in [2.24, 2.45) is 4.99 Å². The van der Waals surface area contributed by atoms with E-state index in [1.807, 2.05) is 0 Å². The van der Waals surface area contributed by atoms with Crippen LogP contribution in [0.1, 0.15) is 30.4 Å². The molecule has 3 rings (SSSR count). The van der Waals surface area contributed by atoms with Crippen molar-refractivity contribution in [3.05, 3.63) is 75.3 Å². The molecule has 1 heterocycles. The molecule has 0 saturated carbocycles. The number of allylic oxidation sites excluding steroid dienone is 1. The number of aliphatic imine (C=N–C) groups is 1. The number of carboxylic acid groups (broad SMARTS) is 1. The summed E-state index contributed by atoms with van der Waals surface area (Å²) >= 11 is 11.8. The van der Waals surface area contributed by atoms with Gasteiger partial charge in [-0.25, -0.2) is 4.99 Å². The molecule has 0 unspecified atom stereocenters. The smallest absolute Gasteiger partial charge is 0.273 e. The van der Waals surface area contributed by atoms with Gasteiger partial charge in [0, 0.05) is 28.0 Å². The van der Waals surface area contributed by atoms with Gasteiger partial charge >= 0.3 is 0 Å². The normalized spacial score (nSPS) is 15.8. The Morgan fingerprint density at radius 1 is 0.962 bits per heavy atom. The van der Waals surface area contributed by atoms with Crippen molar-refractivity contribution in [1.29, 1.82) is 0 Å². The highest BCUT2D eigenvalue weighted by atomic mass is 35.5. The Morgan fingerprint density at radius 3 is 2.12 bits per heavy atom. The van der Waals surface area contributed by atoms with Crippen molar-refractivity contribution < 1.29 is 14.7 Å². The molecule has 2 aromatic rings. The summed E-state index contributed by atoms with van der Waals surface area (Å²) in [5, 5.41) is 12.1. The number of carbonyl (C=O) groups excluding carboxylic acids is 2. The summed E-state index contributed by atoms with van der Waals surface area (Å²) in [5.74, 6) is -1.51. The maximum Gasteiger partial charge on any atom is 0.273 e. The molecule has 0 saturated heterocycles. The Bertz CT molecular complexity index is 913. The summed E-state index contributed by atoms with van der Waals surface area (Å²) in [5.41, 5.74) is 3.36. The molecule has 1 aliphatic rings. The second-order valence-corrected chi connectivity index (χ2v) is 6.76. The number of hydrogen-bond donors (Lipinski definition) is 0. The van der Waals surface area contributed by atoms with Crippen LogP contribution < -0.4 is 5.11 Å². The van der Waals surface area contributed by atoms with Crippen LogP contribution in [-0.4, -0.2) is 17.6 Å². The summed E-state index contributed by atoms with van der Waals surface area (Å²) in [6.45, 7) is 0. The first-order chi connectivity index (χ1) is 12.4. The van der Waals surface area contributed by atoms with E-state index in [0.29, 0.717) is 33.3 Å². The zero-order valence-corrected chi connectivity index (χ0v) is 15.2. The molecule has 0 radical (unpaired) electrons. The Balaban J connectivity index is 1.97. The van der Waals surface area contributed by atoms with Crippen LogP contribution in [0.2, 0.25) is 10.0 Å². The molecule has 2 aromatic carbocycles. The van der Waals surface area contributed by atoms with Gasteiger partial charge in [0.25, 0.3) is 5.91 Å². The highest BCUT2D eigenvalue weighted by molar-refractivity contribution is 6.31. The molecule has 26 heavy (non-hydrogen) atoms. The van der Waals surface area contributed by atoms with Crippen molar-refractivity contribution >= 4 is 46.4 Å². The summed E-state index contributed by atoms with van der Waals surface area (Å²) in [6, 6.07) is 14.0. The minimum Gasteiger partial charge on any atom is -0.550 e. The highest BCUT2D eigenvalue weighted by Crippen LogP contribution is 2.32. The first-order valence-corrected chi connectivity index (χ1v) is 8.75. The Morgan fingerprint density at radius 2 is 1.54 bits per heavy atom. The van der Waals surface area contributed by atoms with Crippen LogP contribution >= 0.6 is 23.2 Å². The second kappa shape index (κ2) is 7.85. The molecule has 0 spiro atoms. The van der Waals surface area contributed by atoms with Gasteiger partial charge in [-0.05, 0) is 53.8 Å². The number of benzene rings is 2. The van der Waals surface area contributed by atoms with E-state index in [1.165, 1.54) is 0 Å². The van der Waals surface area contributed by atoms with Gasteiger partial charge < -0.3 is 9.90 Å². The van der Waals surface area contributed by atoms with Crippen molar-refractivity contribution in [3.8, 4) is 0 Å². The predicted octanol–water partition coefficient (Wildman–Crippen LogP) is 3.70. The van der Waals surface area contributed by atoms with E-state index in [2.05, 4.69) is 4.99 Å². The molecule has 0 N–H and O–H groups in total. The fraction of sp³-hybridized carbons (Fsp3) is 0.150. The monoisotopic (exact) mass is 386 g/mol. The maximum absolute atomic E-state index is 12.5. The first-order valence-electron chi connectivity index (χ1n) is 7.99. The molecule has 0 atom stereocenters. The number of halogens is 2. The number of hydrogen-bond acceptors (Lipinski definition) is 3. The van der Waals surface area contributed by atoms with Gasteiger partial charge in [-0.3, -0.25) is 4.79 Å². The molecule has 1 amide bonds. The van der Waals surface area contributed by atoms with Gasteiger partial charge in [0.05, 0.1) is 5.71 Å². The van der Waals surface area contributed by atoms with E-state index in [-0.39, 0.29) is 18.7 Å². The van der Waals surface area contributed by atoms with E-state index >= 15 is 0 Å². The van der Waals surface area contributed by atoms with E-state index < -0.39 is 5.97 Å². The summed E-state index contributed by atoms with van der Waals surface area (Å²) < 4.78 is 0. The second-order valence-electron chi connectivity index (χ2n) is 5.88. The Hall–Kier alpha value is -2.43. The van der Waals surface area contributed by atoms with Crippen LogP contribution in [0.25, 0.3) is 5.57 Å². The number of carbonyl (C=O) groups is 2. The molecule has 6 heteroatoms. The molecular formula is C20H14Cl2NO3-. The molecule has 4 nitrogen and oxygen atoms in total. The lowest BCUT2D eigenvalue weighted by Crippen LogP contribution is -2.21. The first kappa shape index (κ1) is 18.4. The zero-order chi connectivity index (χ0) is 18.7.